The Morgan fingerprint density at radius 2 is 1.35 bits per heavy atom. The Labute approximate surface area is 309 Å². The van der Waals surface area contributed by atoms with Crippen LogP contribution in [0.15, 0.2) is 158 Å². The molecule has 3 heterocycles. The molecule has 4 heteroatoms. The summed E-state index contributed by atoms with van der Waals surface area (Å²) in [7, 11) is 0. The molecule has 1 N–H and O–H groups in total. The molecule has 0 amide bonds. The van der Waals surface area contributed by atoms with E-state index in [0.717, 1.165) is 24.2 Å². The van der Waals surface area contributed by atoms with Crippen LogP contribution in [0, 0.1) is 0 Å². The van der Waals surface area contributed by atoms with Crippen molar-refractivity contribution in [3.05, 3.63) is 168 Å². The lowest BCUT2D eigenvalue weighted by atomic mass is 10.0. The number of aryl methyl sites for hydroxylation is 1. The fraction of sp³-hybridized carbons (Fsp3) is 0.0417. The maximum absolute atomic E-state index is 3.72. The van der Waals surface area contributed by atoms with E-state index in [4.69, 9.17) is 0 Å². The predicted octanol–water partition coefficient (Wildman–Crippen LogP) is 14.4. The molecule has 0 unspecified atom stereocenters. The largest absolute Gasteiger partial charge is 0.355 e. The number of nitrogens with zero attached hydrogens (tertiary/aromatic N) is 1. The molecule has 11 rings (SSSR count). The van der Waals surface area contributed by atoms with E-state index in [1.54, 1.807) is 0 Å². The third kappa shape index (κ3) is 4.68. The summed E-state index contributed by atoms with van der Waals surface area (Å²) in [6.07, 6.45) is 6.94. The summed E-state index contributed by atoms with van der Waals surface area (Å²) < 4.78 is 6.52. The van der Waals surface area contributed by atoms with Crippen molar-refractivity contribution < 1.29 is 0 Å². The van der Waals surface area contributed by atoms with Crippen molar-refractivity contribution in [2.24, 2.45) is 0 Å². The fourth-order valence-electron chi connectivity index (χ4n) is 8.22. The summed E-state index contributed by atoms with van der Waals surface area (Å²) in [6, 6.07) is 55.5. The molecule has 0 saturated carbocycles. The molecule has 2 nitrogen and oxygen atoms in total. The Morgan fingerprint density at radius 3 is 2.31 bits per heavy atom. The van der Waals surface area contributed by atoms with Crippen molar-refractivity contribution >= 4 is 92.2 Å². The van der Waals surface area contributed by atoms with Gasteiger partial charge in [-0.25, -0.2) is 0 Å². The molecule has 7 aromatic carbocycles. The minimum absolute atomic E-state index is 1.07. The molecule has 10 aromatic rings. The number of hydrogen-bond donors (Lipinski definition) is 1. The maximum atomic E-state index is 3.72. The van der Waals surface area contributed by atoms with Crippen molar-refractivity contribution in [1.82, 2.24) is 4.57 Å². The van der Waals surface area contributed by atoms with Crippen LogP contribution in [0.5, 0.6) is 0 Å². The second kappa shape index (κ2) is 11.8. The highest BCUT2D eigenvalue weighted by Gasteiger charge is 2.19. The fourth-order valence-corrected chi connectivity index (χ4v) is 10.6. The Balaban J connectivity index is 1.02. The molecular weight excluding hydrogens is 669 g/mol. The second-order valence-corrected chi connectivity index (χ2v) is 15.9. The predicted molar refractivity (Wildman–Crippen MR) is 227 cm³/mol. The highest BCUT2D eigenvalue weighted by molar-refractivity contribution is 7.26. The van der Waals surface area contributed by atoms with E-state index in [1.807, 2.05) is 22.7 Å². The summed E-state index contributed by atoms with van der Waals surface area (Å²) in [4.78, 5) is 1.51. The average Bonchev–Trinajstić information content (AvgIpc) is 3.87. The molecule has 3 aromatic heterocycles. The van der Waals surface area contributed by atoms with Gasteiger partial charge in [-0.2, -0.15) is 0 Å². The van der Waals surface area contributed by atoms with Crippen LogP contribution in [-0.2, 0) is 6.42 Å². The van der Waals surface area contributed by atoms with Crippen molar-refractivity contribution in [3.8, 4) is 27.9 Å². The molecule has 0 radical (unpaired) electrons. The number of benzene rings is 7. The van der Waals surface area contributed by atoms with E-state index < -0.39 is 0 Å². The van der Waals surface area contributed by atoms with E-state index in [-0.39, 0.29) is 0 Å². The lowest BCUT2D eigenvalue weighted by molar-refractivity contribution is 1.02. The number of anilines is 2. The van der Waals surface area contributed by atoms with Crippen LogP contribution in [0.2, 0.25) is 0 Å². The number of thiophene rings is 2. The van der Waals surface area contributed by atoms with Gasteiger partial charge >= 0.3 is 0 Å². The molecule has 0 aliphatic heterocycles. The highest BCUT2D eigenvalue weighted by atomic mass is 32.1. The first-order valence-electron chi connectivity index (χ1n) is 17.9. The van der Waals surface area contributed by atoms with Crippen LogP contribution >= 0.6 is 22.7 Å². The zero-order valence-corrected chi connectivity index (χ0v) is 29.9. The first-order chi connectivity index (χ1) is 25.8. The number of hydrogen-bond acceptors (Lipinski definition) is 3. The quantitative estimate of drug-likeness (QED) is 0.189. The summed E-state index contributed by atoms with van der Waals surface area (Å²) in [5.74, 6) is 0. The van der Waals surface area contributed by atoms with Gasteiger partial charge in [0.15, 0.2) is 0 Å². The van der Waals surface area contributed by atoms with Gasteiger partial charge in [0.2, 0.25) is 0 Å². The summed E-state index contributed by atoms with van der Waals surface area (Å²) in [5.41, 5.74) is 12.1. The Hall–Kier alpha value is -5.94. The van der Waals surface area contributed by atoms with Crippen molar-refractivity contribution in [2.75, 3.05) is 5.32 Å². The number of aromatic nitrogens is 1. The Kier molecular flexibility index (Phi) is 6.76. The standard InChI is InChI=1S/C48H32N2S2/c1-2-11-30(12-3-1)35-15-4-7-18-41(35)49-33-14-10-13-31(27-33)32-21-25-46-39(28-32)37-23-24-43-47(48(37)52-46)38-17-5-8-19-42(38)50(43)34-22-26-45-40(29-34)36-16-6-9-20-44(36)51-45/h1-8,10-19,21-29,49H,9,20H2. The van der Waals surface area contributed by atoms with E-state index in [9.17, 15) is 0 Å². The summed E-state index contributed by atoms with van der Waals surface area (Å²) in [6.45, 7) is 0. The Bertz CT molecular complexity index is 3050. The summed E-state index contributed by atoms with van der Waals surface area (Å²) >= 11 is 3.87. The third-order valence-corrected chi connectivity index (χ3v) is 13.1. The van der Waals surface area contributed by atoms with Gasteiger partial charge in [0.1, 0.15) is 0 Å². The molecule has 0 atom stereocenters. The van der Waals surface area contributed by atoms with Crippen LogP contribution in [0.4, 0.5) is 11.4 Å². The minimum Gasteiger partial charge on any atom is -0.355 e. The second-order valence-electron chi connectivity index (χ2n) is 13.7. The van der Waals surface area contributed by atoms with Gasteiger partial charge in [0, 0.05) is 68.5 Å². The normalized spacial score (nSPS) is 12.8. The SMILES string of the molecule is C1=Cc2c(sc3ccc(-n4c5ccccc5c5c6sc7ccc(-c8cccc(Nc9ccccc9-c9ccccc9)c8)cc7c6ccc54)cc23)CC1. The topological polar surface area (TPSA) is 17.0 Å². The van der Waals surface area contributed by atoms with Crippen molar-refractivity contribution in [2.45, 2.75) is 12.8 Å². The van der Waals surface area contributed by atoms with Crippen LogP contribution in [0.3, 0.4) is 0 Å². The Morgan fingerprint density at radius 1 is 0.538 bits per heavy atom. The van der Waals surface area contributed by atoms with Gasteiger partial charge in [0.05, 0.1) is 11.0 Å². The number of para-hydroxylation sites is 2. The number of fused-ring (bicyclic) bond motifs is 10. The zero-order valence-electron chi connectivity index (χ0n) is 28.3. The average molecular weight is 701 g/mol. The molecule has 52 heavy (non-hydrogen) atoms. The van der Waals surface area contributed by atoms with E-state index >= 15 is 0 Å². The number of nitrogens with one attached hydrogen (secondary N) is 1. The van der Waals surface area contributed by atoms with Crippen LogP contribution in [-0.4, -0.2) is 4.57 Å². The van der Waals surface area contributed by atoms with E-state index in [1.165, 1.54) is 90.4 Å². The molecule has 0 bridgehead atoms. The van der Waals surface area contributed by atoms with E-state index in [0.29, 0.717) is 0 Å². The first-order valence-corrected chi connectivity index (χ1v) is 19.5. The molecular formula is C48H32N2S2. The smallest absolute Gasteiger partial charge is 0.0555 e. The highest BCUT2D eigenvalue weighted by Crippen LogP contribution is 2.45. The van der Waals surface area contributed by atoms with Gasteiger partial charge in [-0.1, -0.05) is 103 Å². The molecule has 0 fully saturated rings. The van der Waals surface area contributed by atoms with Crippen LogP contribution in [0.25, 0.3) is 86.1 Å². The van der Waals surface area contributed by atoms with Gasteiger partial charge in [0.25, 0.3) is 0 Å². The molecule has 1 aliphatic rings. The minimum atomic E-state index is 1.07. The van der Waals surface area contributed by atoms with Gasteiger partial charge in [-0.3, -0.25) is 0 Å². The van der Waals surface area contributed by atoms with E-state index in [2.05, 4.69) is 174 Å². The molecule has 0 saturated heterocycles. The van der Waals surface area contributed by atoms with Gasteiger partial charge in [-0.05, 0) is 95.8 Å². The third-order valence-electron chi connectivity index (χ3n) is 10.6. The maximum Gasteiger partial charge on any atom is 0.0555 e. The number of allylic oxidation sites excluding steroid dienone is 1. The number of rotatable bonds is 5. The zero-order chi connectivity index (χ0) is 34.2. The summed E-state index contributed by atoms with van der Waals surface area (Å²) in [5, 5.41) is 10.4. The monoisotopic (exact) mass is 700 g/mol. The van der Waals surface area contributed by atoms with Crippen molar-refractivity contribution in [3.63, 3.8) is 0 Å². The first kappa shape index (κ1) is 29.8. The lowest BCUT2D eigenvalue weighted by Gasteiger charge is -2.13. The molecule has 246 valence electrons. The van der Waals surface area contributed by atoms with Crippen LogP contribution in [0.1, 0.15) is 16.9 Å². The lowest BCUT2D eigenvalue weighted by Crippen LogP contribution is -1.94. The van der Waals surface area contributed by atoms with Crippen LogP contribution < -0.4 is 5.32 Å². The molecule has 0 spiro atoms. The van der Waals surface area contributed by atoms with Gasteiger partial charge in [-0.15, -0.1) is 22.7 Å². The van der Waals surface area contributed by atoms with Crippen molar-refractivity contribution in [1.29, 1.82) is 0 Å². The van der Waals surface area contributed by atoms with Gasteiger partial charge < -0.3 is 9.88 Å². The molecule has 1 aliphatic carbocycles.